The maximum absolute atomic E-state index is 4.37. The lowest BCUT2D eigenvalue weighted by Crippen LogP contribution is -2.17. The largest absolute Gasteiger partial charge is 0.246 e. The summed E-state index contributed by atoms with van der Waals surface area (Å²) in [7, 11) is 0. The molecule has 0 N–H and O–H groups in total. The van der Waals surface area contributed by atoms with E-state index in [1.54, 1.807) is 11.3 Å². The van der Waals surface area contributed by atoms with Crippen LogP contribution in [-0.2, 0) is 0 Å². The van der Waals surface area contributed by atoms with Crippen LogP contribution in [0.15, 0.2) is 23.3 Å². The number of hydrogen-bond acceptors (Lipinski definition) is 2. The van der Waals surface area contributed by atoms with Crippen molar-refractivity contribution in [2.45, 2.75) is 19.8 Å². The standard InChI is InChI=1S/C10H11NS/c1-8-7-9-5-3-2-4-6-11-10(9)12-8/h4-7H,2-3H2,1H3/b6-4-,9-5+,11-10-. The molecular formula is C10H11NS. The van der Waals surface area contributed by atoms with Crippen molar-refractivity contribution in [1.82, 2.24) is 0 Å². The van der Waals surface area contributed by atoms with E-state index in [1.165, 1.54) is 10.1 Å². The predicted octanol–water partition coefficient (Wildman–Crippen LogP) is 1.76. The van der Waals surface area contributed by atoms with Crippen molar-refractivity contribution >= 4 is 17.4 Å². The van der Waals surface area contributed by atoms with Crippen molar-refractivity contribution in [3.05, 3.63) is 33.1 Å². The Morgan fingerprint density at radius 3 is 3.25 bits per heavy atom. The molecule has 2 heterocycles. The van der Waals surface area contributed by atoms with Gasteiger partial charge in [0.15, 0.2) is 0 Å². The molecule has 12 heavy (non-hydrogen) atoms. The van der Waals surface area contributed by atoms with E-state index < -0.39 is 0 Å². The number of nitrogens with zero attached hydrogens (tertiary/aromatic N) is 1. The first kappa shape index (κ1) is 7.74. The third kappa shape index (κ3) is 1.48. The van der Waals surface area contributed by atoms with Gasteiger partial charge in [0.25, 0.3) is 0 Å². The highest BCUT2D eigenvalue weighted by Gasteiger charge is 1.93. The Kier molecular flexibility index (Phi) is 2.09. The average molecular weight is 177 g/mol. The van der Waals surface area contributed by atoms with Gasteiger partial charge in [0.05, 0.1) is 0 Å². The highest BCUT2D eigenvalue weighted by molar-refractivity contribution is 7.09. The molecule has 62 valence electrons. The van der Waals surface area contributed by atoms with Gasteiger partial charge in [-0.3, -0.25) is 0 Å². The summed E-state index contributed by atoms with van der Waals surface area (Å²) in [6, 6.07) is 2.21. The predicted molar refractivity (Wildman–Crippen MR) is 52.7 cm³/mol. The second kappa shape index (κ2) is 3.23. The molecule has 1 aliphatic rings. The highest BCUT2D eigenvalue weighted by atomic mass is 32.1. The van der Waals surface area contributed by atoms with Gasteiger partial charge in [0.2, 0.25) is 0 Å². The van der Waals surface area contributed by atoms with E-state index in [1.807, 2.05) is 6.20 Å². The summed E-state index contributed by atoms with van der Waals surface area (Å²) >= 11 is 1.76. The molecule has 2 rings (SSSR count). The van der Waals surface area contributed by atoms with Gasteiger partial charge in [-0.05, 0) is 25.8 Å². The van der Waals surface area contributed by atoms with Crippen LogP contribution in [0, 0.1) is 6.92 Å². The minimum absolute atomic E-state index is 1.11. The Morgan fingerprint density at radius 2 is 2.33 bits per heavy atom. The van der Waals surface area contributed by atoms with E-state index in [4.69, 9.17) is 0 Å². The van der Waals surface area contributed by atoms with Crippen LogP contribution < -0.4 is 9.89 Å². The van der Waals surface area contributed by atoms with E-state index in [9.17, 15) is 0 Å². The summed E-state index contributed by atoms with van der Waals surface area (Å²) in [5, 5.41) is 1.31. The highest BCUT2D eigenvalue weighted by Crippen LogP contribution is 1.99. The first-order chi connectivity index (χ1) is 5.86. The van der Waals surface area contributed by atoms with Crippen LogP contribution in [0.2, 0.25) is 0 Å². The smallest absolute Gasteiger partial charge is 0.123 e. The van der Waals surface area contributed by atoms with Gasteiger partial charge in [-0.1, -0.05) is 12.2 Å². The number of fused-ring (bicyclic) bond motifs is 1. The van der Waals surface area contributed by atoms with Crippen LogP contribution in [0.25, 0.3) is 6.08 Å². The number of thiophene rings is 1. The fraction of sp³-hybridized carbons (Fsp3) is 0.300. The van der Waals surface area contributed by atoms with Gasteiger partial charge in [-0.15, -0.1) is 11.3 Å². The molecule has 0 radical (unpaired) electrons. The zero-order valence-electron chi connectivity index (χ0n) is 7.08. The summed E-state index contributed by atoms with van der Waals surface area (Å²) in [5.74, 6) is 0. The first-order valence-corrected chi connectivity index (χ1v) is 4.97. The zero-order chi connectivity index (χ0) is 8.39. The van der Waals surface area contributed by atoms with Crippen molar-refractivity contribution in [3.63, 3.8) is 0 Å². The molecule has 0 bridgehead atoms. The van der Waals surface area contributed by atoms with Crippen LogP contribution >= 0.6 is 11.3 Å². The van der Waals surface area contributed by atoms with Crippen LogP contribution in [0.5, 0.6) is 0 Å². The van der Waals surface area contributed by atoms with Crippen molar-refractivity contribution < 1.29 is 0 Å². The van der Waals surface area contributed by atoms with Crippen LogP contribution in [0.1, 0.15) is 17.7 Å². The molecule has 0 aromatic carbocycles. The SMILES string of the molecule is Cc1cc2/c(s1)=N/C=C\CC/C=2. The van der Waals surface area contributed by atoms with Gasteiger partial charge in [-0.2, -0.15) is 0 Å². The molecule has 0 unspecified atom stereocenters. The third-order valence-corrected chi connectivity index (χ3v) is 2.83. The van der Waals surface area contributed by atoms with Gasteiger partial charge in [0, 0.05) is 16.3 Å². The maximum Gasteiger partial charge on any atom is 0.123 e. The zero-order valence-corrected chi connectivity index (χ0v) is 7.90. The third-order valence-electron chi connectivity index (χ3n) is 1.86. The lowest BCUT2D eigenvalue weighted by atomic mass is 10.2. The van der Waals surface area contributed by atoms with Crippen molar-refractivity contribution in [3.8, 4) is 0 Å². The Morgan fingerprint density at radius 1 is 1.42 bits per heavy atom. The molecular weight excluding hydrogens is 166 g/mol. The topological polar surface area (TPSA) is 12.4 Å². The normalized spacial score (nSPS) is 23.8. The summed E-state index contributed by atoms with van der Waals surface area (Å²) in [6.45, 7) is 2.13. The molecule has 1 nitrogen and oxygen atoms in total. The number of hydrogen-bond donors (Lipinski definition) is 0. The van der Waals surface area contributed by atoms with E-state index in [-0.39, 0.29) is 0 Å². The van der Waals surface area contributed by atoms with E-state index >= 15 is 0 Å². The van der Waals surface area contributed by atoms with Crippen molar-refractivity contribution in [2.24, 2.45) is 4.99 Å². The number of allylic oxidation sites excluding steroid dienone is 1. The lowest BCUT2D eigenvalue weighted by Gasteiger charge is -1.87. The molecule has 1 aromatic rings. The van der Waals surface area contributed by atoms with E-state index in [0.717, 1.165) is 17.5 Å². The Hall–Kier alpha value is -0.890. The minimum Gasteiger partial charge on any atom is -0.246 e. The van der Waals surface area contributed by atoms with Crippen LogP contribution in [-0.4, -0.2) is 0 Å². The molecule has 0 atom stereocenters. The van der Waals surface area contributed by atoms with Gasteiger partial charge < -0.3 is 0 Å². The fourth-order valence-corrected chi connectivity index (χ4v) is 2.16. The number of aryl methyl sites for hydroxylation is 1. The number of rotatable bonds is 0. The molecule has 0 fully saturated rings. The Labute approximate surface area is 75.8 Å². The first-order valence-electron chi connectivity index (χ1n) is 4.16. The van der Waals surface area contributed by atoms with Crippen molar-refractivity contribution in [2.75, 3.05) is 0 Å². The maximum atomic E-state index is 4.37. The molecule has 0 amide bonds. The second-order valence-electron chi connectivity index (χ2n) is 2.91. The second-order valence-corrected chi connectivity index (χ2v) is 4.15. The quantitative estimate of drug-likeness (QED) is 0.572. The molecule has 0 saturated carbocycles. The molecule has 0 saturated heterocycles. The van der Waals surface area contributed by atoms with E-state index in [0.29, 0.717) is 0 Å². The summed E-state index contributed by atoms with van der Waals surface area (Å²) in [5.41, 5.74) is 0. The van der Waals surface area contributed by atoms with Gasteiger partial charge >= 0.3 is 0 Å². The van der Waals surface area contributed by atoms with Gasteiger partial charge in [0.1, 0.15) is 4.67 Å². The molecule has 0 spiro atoms. The fourth-order valence-electron chi connectivity index (χ4n) is 1.30. The van der Waals surface area contributed by atoms with Crippen LogP contribution in [0.3, 0.4) is 0 Å². The van der Waals surface area contributed by atoms with Crippen molar-refractivity contribution in [1.29, 1.82) is 0 Å². The molecule has 1 aliphatic heterocycles. The Balaban J connectivity index is 2.70. The monoisotopic (exact) mass is 177 g/mol. The minimum atomic E-state index is 1.11. The Bertz CT molecular complexity index is 412. The average Bonchev–Trinajstić information content (AvgIpc) is 2.32. The van der Waals surface area contributed by atoms with Gasteiger partial charge in [-0.25, -0.2) is 4.99 Å². The summed E-state index contributed by atoms with van der Waals surface area (Å²) < 4.78 is 1.16. The molecule has 2 heteroatoms. The van der Waals surface area contributed by atoms with E-state index in [2.05, 4.69) is 30.1 Å². The summed E-state index contributed by atoms with van der Waals surface area (Å²) in [6.07, 6.45) is 8.55. The molecule has 1 aromatic heterocycles. The molecule has 0 aliphatic carbocycles. The van der Waals surface area contributed by atoms with Crippen LogP contribution in [0.4, 0.5) is 0 Å². The lowest BCUT2D eigenvalue weighted by molar-refractivity contribution is 1.08. The summed E-state index contributed by atoms with van der Waals surface area (Å²) in [4.78, 5) is 5.72.